The summed E-state index contributed by atoms with van der Waals surface area (Å²) in [5.41, 5.74) is 1.14. The smallest absolute Gasteiger partial charge is 0.378 e. The maximum atomic E-state index is 12.9. The van der Waals surface area contributed by atoms with Gasteiger partial charge >= 0.3 is 11.9 Å². The zero-order valence-electron chi connectivity index (χ0n) is 17.8. The Morgan fingerprint density at radius 2 is 1.28 bits per heavy atom. The van der Waals surface area contributed by atoms with Crippen LogP contribution in [0.1, 0.15) is 13.8 Å². The minimum Gasteiger partial charge on any atom is -0.460 e. The number of amidine groups is 2. The number of fused-ring (bicyclic) bond motifs is 1. The Balaban J connectivity index is 1.92. The van der Waals surface area contributed by atoms with E-state index < -0.39 is 11.9 Å². The number of carbonyl (C=O) groups is 2. The normalized spacial score (nSPS) is 13.4. The molecule has 0 saturated heterocycles. The van der Waals surface area contributed by atoms with Crippen molar-refractivity contribution in [2.24, 2.45) is 10.2 Å². The average Bonchev–Trinajstić information content (AvgIpc) is 2.83. The van der Waals surface area contributed by atoms with Crippen molar-refractivity contribution >= 4 is 45.8 Å². The predicted molar refractivity (Wildman–Crippen MR) is 123 cm³/mol. The van der Waals surface area contributed by atoms with Crippen molar-refractivity contribution in [3.05, 3.63) is 72.8 Å². The number of ether oxygens (including phenoxy) is 2. The van der Waals surface area contributed by atoms with Crippen molar-refractivity contribution in [1.29, 1.82) is 0 Å². The van der Waals surface area contributed by atoms with E-state index in [2.05, 4.69) is 10.2 Å². The summed E-state index contributed by atoms with van der Waals surface area (Å²) in [6.07, 6.45) is 0. The molecule has 0 aromatic heterocycles. The lowest BCUT2D eigenvalue weighted by molar-refractivity contribution is -0.136. The molecule has 1 aliphatic rings. The third-order valence-corrected chi connectivity index (χ3v) is 4.70. The van der Waals surface area contributed by atoms with Crippen molar-refractivity contribution in [3.63, 3.8) is 0 Å². The molecular formula is C24H22N4O4. The summed E-state index contributed by atoms with van der Waals surface area (Å²) in [6.45, 7) is 3.76. The van der Waals surface area contributed by atoms with Gasteiger partial charge in [0, 0.05) is 5.39 Å². The Kier molecular flexibility index (Phi) is 6.12. The van der Waals surface area contributed by atoms with E-state index in [1.165, 1.54) is 10.0 Å². The second kappa shape index (κ2) is 9.30. The van der Waals surface area contributed by atoms with Crippen LogP contribution in [0.3, 0.4) is 0 Å². The minimum atomic E-state index is -0.659. The van der Waals surface area contributed by atoms with Crippen molar-refractivity contribution in [3.8, 4) is 0 Å². The number of carbonyl (C=O) groups excluding carboxylic acids is 2. The summed E-state index contributed by atoms with van der Waals surface area (Å²) in [5, 5.41) is 13.5. The number of esters is 2. The van der Waals surface area contributed by atoms with E-state index in [0.29, 0.717) is 11.4 Å². The van der Waals surface area contributed by atoms with E-state index >= 15 is 0 Å². The van der Waals surface area contributed by atoms with Gasteiger partial charge in [-0.25, -0.2) is 19.6 Å². The molecule has 0 spiro atoms. The Morgan fingerprint density at radius 3 is 1.97 bits per heavy atom. The van der Waals surface area contributed by atoms with Gasteiger partial charge in [-0.15, -0.1) is 10.2 Å². The van der Waals surface area contributed by atoms with Crippen LogP contribution in [0.5, 0.6) is 0 Å². The van der Waals surface area contributed by atoms with Crippen LogP contribution in [-0.4, -0.2) is 36.8 Å². The van der Waals surface area contributed by atoms with E-state index in [9.17, 15) is 9.59 Å². The van der Waals surface area contributed by atoms with Crippen LogP contribution in [0.4, 0.5) is 11.4 Å². The standard InChI is InChI=1S/C24H22N4O4/c1-3-31-23(29)21-26-28(20-16-10-12-17-11-8-9-15-19(17)20)22(24(30)32-4-2)25-27(21)18-13-6-5-7-14-18/h5-16H,3-4H2,1-2H3. The first-order chi connectivity index (χ1) is 15.6. The molecule has 0 aliphatic carbocycles. The van der Waals surface area contributed by atoms with Gasteiger partial charge in [-0.1, -0.05) is 54.6 Å². The molecule has 0 fully saturated rings. The Bertz CT molecular complexity index is 1200. The van der Waals surface area contributed by atoms with Gasteiger partial charge in [0.05, 0.1) is 24.6 Å². The molecule has 3 aromatic rings. The summed E-state index contributed by atoms with van der Waals surface area (Å²) in [5.74, 6) is -1.46. The molecule has 0 bridgehead atoms. The van der Waals surface area contributed by atoms with Gasteiger partial charge in [0.25, 0.3) is 11.7 Å². The summed E-state index contributed by atoms with van der Waals surface area (Å²) in [6, 6.07) is 22.3. The van der Waals surface area contributed by atoms with Crippen LogP contribution in [0.2, 0.25) is 0 Å². The molecule has 0 amide bonds. The number of para-hydroxylation sites is 1. The molecule has 1 aliphatic heterocycles. The fraction of sp³-hybridized carbons (Fsp3) is 0.167. The first-order valence-electron chi connectivity index (χ1n) is 10.3. The minimum absolute atomic E-state index is 0.0693. The number of hydrogen-bond acceptors (Lipinski definition) is 8. The predicted octanol–water partition coefficient (Wildman–Crippen LogP) is 3.92. The molecule has 0 atom stereocenters. The van der Waals surface area contributed by atoms with Crippen LogP contribution in [0.25, 0.3) is 10.8 Å². The van der Waals surface area contributed by atoms with E-state index in [0.717, 1.165) is 10.8 Å². The molecule has 0 saturated carbocycles. The Hall–Kier alpha value is -4.20. The maximum Gasteiger partial charge on any atom is 0.378 e. The van der Waals surface area contributed by atoms with E-state index in [-0.39, 0.29) is 24.9 Å². The van der Waals surface area contributed by atoms with E-state index in [1.807, 2.05) is 48.5 Å². The topological polar surface area (TPSA) is 83.8 Å². The highest BCUT2D eigenvalue weighted by atomic mass is 16.5. The fourth-order valence-electron chi connectivity index (χ4n) is 3.32. The molecule has 8 heteroatoms. The molecule has 4 rings (SSSR count). The molecule has 0 radical (unpaired) electrons. The summed E-state index contributed by atoms with van der Waals surface area (Å²) in [7, 11) is 0. The zero-order chi connectivity index (χ0) is 22.5. The number of rotatable bonds is 6. The van der Waals surface area contributed by atoms with Crippen molar-refractivity contribution in [1.82, 2.24) is 0 Å². The first kappa shape index (κ1) is 21.0. The number of hydrogen-bond donors (Lipinski definition) is 0. The lowest BCUT2D eigenvalue weighted by Gasteiger charge is -2.30. The third-order valence-electron chi connectivity index (χ3n) is 4.70. The molecule has 1 heterocycles. The Morgan fingerprint density at radius 1 is 0.719 bits per heavy atom. The quantitative estimate of drug-likeness (QED) is 0.551. The third kappa shape index (κ3) is 4.02. The van der Waals surface area contributed by atoms with Gasteiger partial charge in [0.2, 0.25) is 0 Å². The van der Waals surface area contributed by atoms with Crippen LogP contribution in [-0.2, 0) is 19.1 Å². The van der Waals surface area contributed by atoms with Crippen LogP contribution in [0, 0.1) is 0 Å². The number of nitrogens with zero attached hydrogens (tertiary/aromatic N) is 4. The number of hydrazone groups is 2. The van der Waals surface area contributed by atoms with Gasteiger partial charge in [-0.3, -0.25) is 0 Å². The fourth-order valence-corrected chi connectivity index (χ4v) is 3.32. The first-order valence-corrected chi connectivity index (χ1v) is 10.3. The summed E-state index contributed by atoms with van der Waals surface area (Å²) >= 11 is 0. The summed E-state index contributed by atoms with van der Waals surface area (Å²) < 4.78 is 10.5. The SMILES string of the molecule is CCOC(=O)C1=NN(c2cccc3ccccc23)C(C(=O)OCC)=NN1c1ccccc1. The van der Waals surface area contributed by atoms with Crippen LogP contribution < -0.4 is 10.0 Å². The number of benzene rings is 3. The van der Waals surface area contributed by atoms with E-state index in [4.69, 9.17) is 9.47 Å². The largest absolute Gasteiger partial charge is 0.460 e. The van der Waals surface area contributed by atoms with Crippen LogP contribution >= 0.6 is 0 Å². The molecule has 3 aromatic carbocycles. The van der Waals surface area contributed by atoms with E-state index in [1.54, 1.807) is 38.1 Å². The molecule has 0 N–H and O–H groups in total. The lowest BCUT2D eigenvalue weighted by atomic mass is 10.1. The second-order valence-corrected chi connectivity index (χ2v) is 6.75. The molecular weight excluding hydrogens is 408 g/mol. The van der Waals surface area contributed by atoms with Gasteiger partial charge in [-0.05, 0) is 37.4 Å². The summed E-state index contributed by atoms with van der Waals surface area (Å²) in [4.78, 5) is 25.7. The van der Waals surface area contributed by atoms with Gasteiger partial charge in [-0.2, -0.15) is 0 Å². The average molecular weight is 430 g/mol. The lowest BCUT2D eigenvalue weighted by Crippen LogP contribution is -2.47. The van der Waals surface area contributed by atoms with Crippen molar-refractivity contribution < 1.29 is 19.1 Å². The highest BCUT2D eigenvalue weighted by molar-refractivity contribution is 6.47. The van der Waals surface area contributed by atoms with Crippen molar-refractivity contribution in [2.75, 3.05) is 23.2 Å². The Labute approximate surface area is 185 Å². The monoisotopic (exact) mass is 430 g/mol. The zero-order valence-corrected chi connectivity index (χ0v) is 17.8. The van der Waals surface area contributed by atoms with Crippen molar-refractivity contribution in [2.45, 2.75) is 13.8 Å². The van der Waals surface area contributed by atoms with Gasteiger partial charge < -0.3 is 9.47 Å². The highest BCUT2D eigenvalue weighted by Gasteiger charge is 2.35. The van der Waals surface area contributed by atoms with Gasteiger partial charge in [0.15, 0.2) is 0 Å². The molecule has 162 valence electrons. The number of anilines is 2. The van der Waals surface area contributed by atoms with Gasteiger partial charge in [0.1, 0.15) is 0 Å². The molecule has 32 heavy (non-hydrogen) atoms. The van der Waals surface area contributed by atoms with Crippen LogP contribution in [0.15, 0.2) is 83.0 Å². The molecule has 0 unspecified atom stereocenters. The molecule has 8 nitrogen and oxygen atoms in total. The second-order valence-electron chi connectivity index (χ2n) is 6.75. The maximum absolute atomic E-state index is 12.9. The highest BCUT2D eigenvalue weighted by Crippen LogP contribution is 2.30.